The van der Waals surface area contributed by atoms with E-state index in [4.69, 9.17) is 4.74 Å². The molecule has 1 amide bonds. The van der Waals surface area contributed by atoms with Crippen molar-refractivity contribution < 1.29 is 9.53 Å². The molecule has 26 heavy (non-hydrogen) atoms. The predicted molar refractivity (Wildman–Crippen MR) is 97.3 cm³/mol. The van der Waals surface area contributed by atoms with Gasteiger partial charge in [-0.05, 0) is 31.4 Å². The summed E-state index contributed by atoms with van der Waals surface area (Å²) in [5.41, 5.74) is 0.475. The highest BCUT2D eigenvalue weighted by Gasteiger charge is 2.29. The van der Waals surface area contributed by atoms with Crippen molar-refractivity contribution in [3.8, 4) is 5.88 Å². The minimum absolute atomic E-state index is 0.0478. The highest BCUT2D eigenvalue weighted by atomic mass is 16.5. The molecule has 0 aromatic carbocycles. The Morgan fingerprint density at radius 3 is 2.77 bits per heavy atom. The molecule has 0 N–H and O–H groups in total. The van der Waals surface area contributed by atoms with Gasteiger partial charge < -0.3 is 14.5 Å². The molecule has 7 heteroatoms. The molecule has 0 radical (unpaired) electrons. The van der Waals surface area contributed by atoms with Gasteiger partial charge in [0.15, 0.2) is 0 Å². The molecule has 136 valence electrons. The van der Waals surface area contributed by atoms with Gasteiger partial charge in [0.2, 0.25) is 5.88 Å². The zero-order valence-electron chi connectivity index (χ0n) is 14.8. The molecule has 2 saturated heterocycles. The van der Waals surface area contributed by atoms with Crippen LogP contribution in [0.5, 0.6) is 5.88 Å². The maximum absolute atomic E-state index is 12.5. The second kappa shape index (κ2) is 7.68. The molecule has 7 nitrogen and oxygen atoms in total. The Morgan fingerprint density at radius 1 is 1.08 bits per heavy atom. The Balaban J connectivity index is 1.37. The van der Waals surface area contributed by atoms with Crippen LogP contribution in [0.4, 0.5) is 5.82 Å². The normalized spacial score (nSPS) is 20.2. The van der Waals surface area contributed by atoms with Crippen LogP contribution in [0.15, 0.2) is 36.8 Å². The van der Waals surface area contributed by atoms with Crippen LogP contribution >= 0.6 is 0 Å². The number of hydrogen-bond donors (Lipinski definition) is 0. The average molecular weight is 353 g/mol. The van der Waals surface area contributed by atoms with E-state index in [0.717, 1.165) is 25.3 Å². The first kappa shape index (κ1) is 16.8. The quantitative estimate of drug-likeness (QED) is 0.839. The average Bonchev–Trinajstić information content (AvgIpc) is 3.17. The van der Waals surface area contributed by atoms with Gasteiger partial charge in [-0.25, -0.2) is 9.97 Å². The van der Waals surface area contributed by atoms with Crippen molar-refractivity contribution in [3.05, 3.63) is 42.5 Å². The summed E-state index contributed by atoms with van der Waals surface area (Å²) in [6, 6.07) is 7.29. The number of rotatable bonds is 4. The minimum Gasteiger partial charge on any atom is -0.472 e. The molecule has 0 aliphatic carbocycles. The maximum atomic E-state index is 12.5. The number of nitrogens with zero attached hydrogens (tertiary/aromatic N) is 5. The van der Waals surface area contributed by atoms with E-state index >= 15 is 0 Å². The molecule has 1 atom stereocenters. The molecular formula is C19H23N5O2. The Bertz CT molecular complexity index is 749. The van der Waals surface area contributed by atoms with Crippen LogP contribution in [0.25, 0.3) is 0 Å². The molecule has 4 heterocycles. The molecule has 2 aromatic heterocycles. The van der Waals surface area contributed by atoms with E-state index in [2.05, 4.69) is 19.9 Å². The molecule has 1 unspecified atom stereocenters. The molecule has 2 fully saturated rings. The van der Waals surface area contributed by atoms with Crippen molar-refractivity contribution in [2.24, 2.45) is 0 Å². The van der Waals surface area contributed by atoms with E-state index in [1.165, 1.54) is 19.3 Å². The summed E-state index contributed by atoms with van der Waals surface area (Å²) in [5.74, 6) is 1.46. The molecule has 2 aliphatic heterocycles. The molecule has 0 saturated carbocycles. The SMILES string of the molecule is O=C(c1ccccn1)N1CCC(Oc2cc(N3CCCCC3)ncn2)C1. The molecule has 4 rings (SSSR count). The predicted octanol–water partition coefficient (Wildman–Crippen LogP) is 2.16. The number of aromatic nitrogens is 3. The second-order valence-corrected chi connectivity index (χ2v) is 6.76. The third-order valence-electron chi connectivity index (χ3n) is 4.91. The van der Waals surface area contributed by atoms with E-state index in [9.17, 15) is 4.79 Å². The lowest BCUT2D eigenvalue weighted by molar-refractivity contribution is 0.0765. The van der Waals surface area contributed by atoms with Crippen molar-refractivity contribution in [2.75, 3.05) is 31.1 Å². The molecule has 2 aromatic rings. The van der Waals surface area contributed by atoms with Gasteiger partial charge >= 0.3 is 0 Å². The maximum Gasteiger partial charge on any atom is 0.272 e. The van der Waals surface area contributed by atoms with Crippen LogP contribution in [-0.4, -0.2) is 58.0 Å². The van der Waals surface area contributed by atoms with Crippen molar-refractivity contribution in [3.63, 3.8) is 0 Å². The topological polar surface area (TPSA) is 71.5 Å². The number of ether oxygens (including phenoxy) is 1. The lowest BCUT2D eigenvalue weighted by Gasteiger charge is -2.27. The lowest BCUT2D eigenvalue weighted by Crippen LogP contribution is -2.32. The Morgan fingerprint density at radius 2 is 1.96 bits per heavy atom. The number of likely N-dealkylation sites (tertiary alicyclic amines) is 1. The van der Waals surface area contributed by atoms with E-state index in [-0.39, 0.29) is 12.0 Å². The van der Waals surface area contributed by atoms with E-state index < -0.39 is 0 Å². The van der Waals surface area contributed by atoms with Crippen LogP contribution in [0.2, 0.25) is 0 Å². The highest BCUT2D eigenvalue weighted by molar-refractivity contribution is 5.92. The van der Waals surface area contributed by atoms with E-state index in [1.54, 1.807) is 23.5 Å². The van der Waals surface area contributed by atoms with Gasteiger partial charge in [0.05, 0.1) is 6.54 Å². The Kier molecular flexibility index (Phi) is 4.95. The van der Waals surface area contributed by atoms with Crippen LogP contribution in [-0.2, 0) is 0 Å². The standard InChI is InChI=1S/C19H23N5O2/c25-19(16-6-2-3-8-20-16)24-11-7-15(13-24)26-18-12-17(21-14-22-18)23-9-4-1-5-10-23/h2-3,6,8,12,14-15H,1,4-5,7,9-11,13H2. The summed E-state index contributed by atoms with van der Waals surface area (Å²) in [6.45, 7) is 3.29. The number of pyridine rings is 1. The fourth-order valence-electron chi connectivity index (χ4n) is 3.52. The monoisotopic (exact) mass is 353 g/mol. The lowest BCUT2D eigenvalue weighted by atomic mass is 10.1. The summed E-state index contributed by atoms with van der Waals surface area (Å²) >= 11 is 0. The summed E-state index contributed by atoms with van der Waals surface area (Å²) < 4.78 is 6.03. The largest absolute Gasteiger partial charge is 0.472 e. The van der Waals surface area contributed by atoms with Gasteiger partial charge in [-0.2, -0.15) is 0 Å². The first-order valence-corrected chi connectivity index (χ1v) is 9.23. The highest BCUT2D eigenvalue weighted by Crippen LogP contribution is 2.23. The third kappa shape index (κ3) is 3.76. The van der Waals surface area contributed by atoms with Gasteiger partial charge in [0, 0.05) is 38.3 Å². The van der Waals surface area contributed by atoms with Crippen LogP contribution in [0, 0.1) is 0 Å². The van der Waals surface area contributed by atoms with Gasteiger partial charge in [0.1, 0.15) is 23.9 Å². The number of amides is 1. The number of carbonyl (C=O) groups excluding carboxylic acids is 1. The van der Waals surface area contributed by atoms with Crippen molar-refractivity contribution in [1.29, 1.82) is 0 Å². The second-order valence-electron chi connectivity index (χ2n) is 6.76. The zero-order chi connectivity index (χ0) is 17.8. The Hall–Kier alpha value is -2.70. The van der Waals surface area contributed by atoms with Crippen LogP contribution < -0.4 is 9.64 Å². The van der Waals surface area contributed by atoms with Gasteiger partial charge in [0.25, 0.3) is 5.91 Å². The molecule has 2 aliphatic rings. The van der Waals surface area contributed by atoms with Gasteiger partial charge in [-0.1, -0.05) is 6.07 Å². The zero-order valence-corrected chi connectivity index (χ0v) is 14.8. The van der Waals surface area contributed by atoms with Crippen molar-refractivity contribution in [1.82, 2.24) is 19.9 Å². The first-order valence-electron chi connectivity index (χ1n) is 9.23. The Labute approximate surface area is 153 Å². The summed E-state index contributed by atoms with van der Waals surface area (Å²) in [4.78, 5) is 29.3. The van der Waals surface area contributed by atoms with Gasteiger partial charge in [-0.15, -0.1) is 0 Å². The number of piperidine rings is 1. The van der Waals surface area contributed by atoms with E-state index in [1.807, 2.05) is 18.2 Å². The van der Waals surface area contributed by atoms with E-state index in [0.29, 0.717) is 24.7 Å². The fourth-order valence-corrected chi connectivity index (χ4v) is 3.52. The minimum atomic E-state index is -0.0493. The van der Waals surface area contributed by atoms with Crippen LogP contribution in [0.3, 0.4) is 0 Å². The summed E-state index contributed by atoms with van der Waals surface area (Å²) in [5, 5.41) is 0. The molecule has 0 bridgehead atoms. The smallest absolute Gasteiger partial charge is 0.272 e. The number of hydrogen-bond acceptors (Lipinski definition) is 6. The van der Waals surface area contributed by atoms with Crippen molar-refractivity contribution >= 4 is 11.7 Å². The number of anilines is 1. The van der Waals surface area contributed by atoms with Crippen molar-refractivity contribution in [2.45, 2.75) is 31.8 Å². The molecule has 0 spiro atoms. The molecular weight excluding hydrogens is 330 g/mol. The third-order valence-corrected chi connectivity index (χ3v) is 4.91. The fraction of sp³-hybridized carbons (Fsp3) is 0.474. The van der Waals surface area contributed by atoms with Gasteiger partial charge in [-0.3, -0.25) is 9.78 Å². The summed E-state index contributed by atoms with van der Waals surface area (Å²) in [6.07, 6.45) is 7.63. The summed E-state index contributed by atoms with van der Waals surface area (Å²) in [7, 11) is 0. The van der Waals surface area contributed by atoms with Crippen LogP contribution in [0.1, 0.15) is 36.2 Å². The first-order chi connectivity index (χ1) is 12.8. The number of carbonyl (C=O) groups is 1.